The summed E-state index contributed by atoms with van der Waals surface area (Å²) in [6, 6.07) is 6.73. The summed E-state index contributed by atoms with van der Waals surface area (Å²) in [7, 11) is 1.71. The van der Waals surface area contributed by atoms with Crippen LogP contribution in [0.4, 0.5) is 5.69 Å². The van der Waals surface area contributed by atoms with E-state index in [-0.39, 0.29) is 5.91 Å². The molecule has 1 saturated heterocycles. The second kappa shape index (κ2) is 8.38. The maximum atomic E-state index is 12.4. The van der Waals surface area contributed by atoms with Crippen molar-refractivity contribution in [1.29, 1.82) is 0 Å². The molecule has 7 nitrogen and oxygen atoms in total. The summed E-state index contributed by atoms with van der Waals surface area (Å²) >= 11 is 0. The van der Waals surface area contributed by atoms with Crippen LogP contribution in [0.1, 0.15) is 16.8 Å². The maximum absolute atomic E-state index is 12.4. The first-order valence-corrected chi connectivity index (χ1v) is 7.40. The SMILES string of the molecule is COCCCN1CCN(C(=O)c2ccc(N=[N+]=[N-])cc2)CC1. The van der Waals surface area contributed by atoms with Gasteiger partial charge in [0.15, 0.2) is 0 Å². The van der Waals surface area contributed by atoms with Gasteiger partial charge < -0.3 is 9.64 Å². The third kappa shape index (κ3) is 4.46. The van der Waals surface area contributed by atoms with Crippen molar-refractivity contribution in [3.63, 3.8) is 0 Å². The van der Waals surface area contributed by atoms with E-state index in [0.717, 1.165) is 45.8 Å². The lowest BCUT2D eigenvalue weighted by Crippen LogP contribution is -2.48. The number of nitrogens with zero attached hydrogens (tertiary/aromatic N) is 5. The van der Waals surface area contributed by atoms with E-state index in [1.807, 2.05) is 4.90 Å². The van der Waals surface area contributed by atoms with Crippen LogP contribution in [0.15, 0.2) is 29.4 Å². The van der Waals surface area contributed by atoms with Crippen LogP contribution in [-0.2, 0) is 4.74 Å². The Labute approximate surface area is 130 Å². The molecule has 1 aliphatic rings. The van der Waals surface area contributed by atoms with Crippen molar-refractivity contribution in [3.05, 3.63) is 40.3 Å². The predicted octanol–water partition coefficient (Wildman–Crippen LogP) is 2.42. The van der Waals surface area contributed by atoms with Crippen molar-refractivity contribution < 1.29 is 9.53 Å². The average Bonchev–Trinajstić information content (AvgIpc) is 2.56. The summed E-state index contributed by atoms with van der Waals surface area (Å²) in [6.07, 6.45) is 1.02. The zero-order valence-corrected chi connectivity index (χ0v) is 12.8. The number of benzene rings is 1. The van der Waals surface area contributed by atoms with Crippen molar-refractivity contribution in [2.24, 2.45) is 5.11 Å². The smallest absolute Gasteiger partial charge is 0.253 e. The Morgan fingerprint density at radius 3 is 2.55 bits per heavy atom. The van der Waals surface area contributed by atoms with E-state index in [0.29, 0.717) is 11.3 Å². The van der Waals surface area contributed by atoms with E-state index in [9.17, 15) is 4.79 Å². The van der Waals surface area contributed by atoms with Gasteiger partial charge in [0.1, 0.15) is 0 Å². The minimum Gasteiger partial charge on any atom is -0.385 e. The molecule has 1 aliphatic heterocycles. The van der Waals surface area contributed by atoms with Crippen LogP contribution in [0, 0.1) is 0 Å². The quantitative estimate of drug-likeness (QED) is 0.350. The normalized spacial score (nSPS) is 15.4. The van der Waals surface area contributed by atoms with E-state index in [4.69, 9.17) is 10.3 Å². The Morgan fingerprint density at radius 2 is 1.95 bits per heavy atom. The van der Waals surface area contributed by atoms with Crippen LogP contribution in [0.2, 0.25) is 0 Å². The van der Waals surface area contributed by atoms with Gasteiger partial charge in [-0.25, -0.2) is 0 Å². The average molecular weight is 303 g/mol. The van der Waals surface area contributed by atoms with E-state index in [2.05, 4.69) is 14.9 Å². The summed E-state index contributed by atoms with van der Waals surface area (Å²) in [5.41, 5.74) is 9.52. The number of methoxy groups -OCH3 is 1. The molecule has 1 fully saturated rings. The minimum absolute atomic E-state index is 0.0315. The molecule has 0 atom stereocenters. The largest absolute Gasteiger partial charge is 0.385 e. The Kier molecular flexibility index (Phi) is 6.21. The number of ether oxygens (including phenoxy) is 1. The second-order valence-electron chi connectivity index (χ2n) is 5.22. The number of carbonyl (C=O) groups excluding carboxylic acids is 1. The molecule has 1 heterocycles. The molecule has 0 bridgehead atoms. The van der Waals surface area contributed by atoms with Crippen molar-refractivity contribution in [2.45, 2.75) is 6.42 Å². The number of hydrogen-bond donors (Lipinski definition) is 0. The molecular weight excluding hydrogens is 282 g/mol. The van der Waals surface area contributed by atoms with Gasteiger partial charge in [-0.15, -0.1) is 0 Å². The highest BCUT2D eigenvalue weighted by atomic mass is 16.5. The topological polar surface area (TPSA) is 81.5 Å². The monoisotopic (exact) mass is 303 g/mol. The third-order valence-corrected chi connectivity index (χ3v) is 3.76. The minimum atomic E-state index is 0.0315. The summed E-state index contributed by atoms with van der Waals surface area (Å²) in [5, 5.41) is 3.50. The number of azide groups is 1. The first-order valence-electron chi connectivity index (χ1n) is 7.40. The lowest BCUT2D eigenvalue weighted by Gasteiger charge is -2.34. The molecule has 1 amide bonds. The first kappa shape index (κ1) is 16.3. The van der Waals surface area contributed by atoms with Gasteiger partial charge in [-0.05, 0) is 24.1 Å². The lowest BCUT2D eigenvalue weighted by atomic mass is 10.1. The molecule has 1 aromatic carbocycles. The van der Waals surface area contributed by atoms with Crippen molar-refractivity contribution >= 4 is 11.6 Å². The number of rotatable bonds is 6. The van der Waals surface area contributed by atoms with Crippen molar-refractivity contribution in [1.82, 2.24) is 9.80 Å². The maximum Gasteiger partial charge on any atom is 0.253 e. The fourth-order valence-electron chi connectivity index (χ4n) is 2.51. The fraction of sp³-hybridized carbons (Fsp3) is 0.533. The summed E-state index contributed by atoms with van der Waals surface area (Å²) in [5.74, 6) is 0.0315. The van der Waals surface area contributed by atoms with Gasteiger partial charge in [0.2, 0.25) is 0 Å². The number of piperazine rings is 1. The summed E-state index contributed by atoms with van der Waals surface area (Å²) in [4.78, 5) is 19.4. The van der Waals surface area contributed by atoms with Crippen LogP contribution < -0.4 is 0 Å². The molecule has 0 saturated carbocycles. The Hall–Kier alpha value is -2.08. The molecule has 0 N–H and O–H groups in total. The van der Waals surface area contributed by atoms with Crippen LogP contribution in [-0.4, -0.2) is 62.1 Å². The Balaban J connectivity index is 1.85. The van der Waals surface area contributed by atoms with Gasteiger partial charge in [-0.2, -0.15) is 0 Å². The van der Waals surface area contributed by atoms with Gasteiger partial charge >= 0.3 is 0 Å². The molecule has 1 aromatic rings. The van der Waals surface area contributed by atoms with E-state index < -0.39 is 0 Å². The number of hydrogen-bond acceptors (Lipinski definition) is 4. The molecule has 2 rings (SSSR count). The van der Waals surface area contributed by atoms with Gasteiger partial charge in [0.25, 0.3) is 5.91 Å². The Morgan fingerprint density at radius 1 is 1.27 bits per heavy atom. The van der Waals surface area contributed by atoms with Gasteiger partial charge in [0.05, 0.1) is 0 Å². The molecule has 0 aliphatic carbocycles. The predicted molar refractivity (Wildman–Crippen MR) is 84.1 cm³/mol. The molecule has 118 valence electrons. The summed E-state index contributed by atoms with van der Waals surface area (Å²) in [6.45, 7) is 5.06. The Bertz CT molecular complexity index is 531. The van der Waals surface area contributed by atoms with E-state index in [1.165, 1.54) is 0 Å². The summed E-state index contributed by atoms with van der Waals surface area (Å²) < 4.78 is 5.06. The molecule has 7 heteroatoms. The zero-order valence-electron chi connectivity index (χ0n) is 12.8. The van der Waals surface area contributed by atoms with Crippen LogP contribution in [0.3, 0.4) is 0 Å². The first-order chi connectivity index (χ1) is 10.7. The molecule has 0 radical (unpaired) electrons. The highest BCUT2D eigenvalue weighted by molar-refractivity contribution is 5.94. The van der Waals surface area contributed by atoms with Crippen LogP contribution >= 0.6 is 0 Å². The molecule has 22 heavy (non-hydrogen) atoms. The van der Waals surface area contributed by atoms with Crippen LogP contribution in [0.5, 0.6) is 0 Å². The number of amides is 1. The van der Waals surface area contributed by atoms with Gasteiger partial charge in [-0.1, -0.05) is 17.2 Å². The zero-order chi connectivity index (χ0) is 15.8. The van der Waals surface area contributed by atoms with E-state index >= 15 is 0 Å². The lowest BCUT2D eigenvalue weighted by molar-refractivity contribution is 0.0624. The highest BCUT2D eigenvalue weighted by Gasteiger charge is 2.21. The van der Waals surface area contributed by atoms with Crippen LogP contribution in [0.25, 0.3) is 10.4 Å². The van der Waals surface area contributed by atoms with Gasteiger partial charge in [0, 0.05) is 62.6 Å². The number of carbonyl (C=O) groups is 1. The van der Waals surface area contributed by atoms with Crippen molar-refractivity contribution in [3.8, 4) is 0 Å². The molecular formula is C15H21N5O2. The fourth-order valence-corrected chi connectivity index (χ4v) is 2.51. The second-order valence-corrected chi connectivity index (χ2v) is 5.22. The molecule has 0 spiro atoms. The van der Waals surface area contributed by atoms with Crippen molar-refractivity contribution in [2.75, 3.05) is 46.4 Å². The standard InChI is InChI=1S/C15H21N5O2/c1-22-12-2-7-19-8-10-20(11-9-19)15(21)13-3-5-14(6-4-13)17-18-16/h3-6H,2,7-12H2,1H3. The highest BCUT2D eigenvalue weighted by Crippen LogP contribution is 2.15. The molecule has 0 unspecified atom stereocenters. The molecule has 0 aromatic heterocycles. The van der Waals surface area contributed by atoms with Gasteiger partial charge in [-0.3, -0.25) is 9.69 Å². The van der Waals surface area contributed by atoms with E-state index in [1.54, 1.807) is 31.4 Å². The third-order valence-electron chi connectivity index (χ3n) is 3.76.